The molecule has 1 heterocycles. The molecule has 0 bridgehead atoms. The van der Waals surface area contributed by atoms with E-state index in [1.807, 2.05) is 24.1 Å². The summed E-state index contributed by atoms with van der Waals surface area (Å²) in [6.45, 7) is 1.02. The van der Waals surface area contributed by atoms with Gasteiger partial charge in [0, 0.05) is 25.4 Å². The van der Waals surface area contributed by atoms with E-state index in [0.717, 1.165) is 11.6 Å². The molecule has 0 fully saturated rings. The zero-order chi connectivity index (χ0) is 23.3. The third-order valence-corrected chi connectivity index (χ3v) is 5.07. The number of nitrogens with zero attached hydrogens (tertiary/aromatic N) is 2. The zero-order valence-corrected chi connectivity index (χ0v) is 18.0. The number of carbonyl (C=O) groups is 1. The number of hydrogen-bond acceptors (Lipinski definition) is 4. The highest BCUT2D eigenvalue weighted by molar-refractivity contribution is 6.31. The topological polar surface area (TPSA) is 68.5 Å². The third kappa shape index (κ3) is 6.45. The number of likely N-dealkylation sites (N-methyl/N-ethyl adjacent to an activating group) is 1. The summed E-state index contributed by atoms with van der Waals surface area (Å²) >= 11 is 5.68. The number of carbonyl (C=O) groups excluding carboxylic acids is 1. The van der Waals surface area contributed by atoms with Crippen LogP contribution in [-0.2, 0) is 19.1 Å². The van der Waals surface area contributed by atoms with E-state index in [1.54, 1.807) is 24.3 Å². The van der Waals surface area contributed by atoms with Gasteiger partial charge < -0.3 is 15.4 Å². The van der Waals surface area contributed by atoms with Crippen molar-refractivity contribution in [1.29, 1.82) is 0 Å². The number of rotatable bonds is 8. The van der Waals surface area contributed by atoms with Crippen LogP contribution in [0.3, 0.4) is 0 Å². The third-order valence-electron chi connectivity index (χ3n) is 4.74. The van der Waals surface area contributed by atoms with Crippen molar-refractivity contribution in [3.8, 4) is 11.6 Å². The summed E-state index contributed by atoms with van der Waals surface area (Å²) in [7, 11) is 1.85. The van der Waals surface area contributed by atoms with Crippen LogP contribution in [0, 0.1) is 0 Å². The smallest absolute Gasteiger partial charge is 0.417 e. The van der Waals surface area contributed by atoms with Crippen molar-refractivity contribution in [2.75, 3.05) is 13.6 Å². The van der Waals surface area contributed by atoms with Crippen LogP contribution in [0.4, 0.5) is 13.2 Å². The van der Waals surface area contributed by atoms with Gasteiger partial charge in [0.1, 0.15) is 5.75 Å². The second-order valence-electron chi connectivity index (χ2n) is 7.30. The summed E-state index contributed by atoms with van der Waals surface area (Å²) in [6.07, 6.45) is -2.42. The average molecular weight is 464 g/mol. The van der Waals surface area contributed by atoms with Gasteiger partial charge in [-0.15, -0.1) is 0 Å². The Hall–Kier alpha value is -3.10. The van der Waals surface area contributed by atoms with E-state index >= 15 is 0 Å². The first-order chi connectivity index (χ1) is 15.1. The summed E-state index contributed by atoms with van der Waals surface area (Å²) in [5, 5.41) is -0.301. The molecule has 3 rings (SSSR count). The fourth-order valence-electron chi connectivity index (χ4n) is 3.03. The van der Waals surface area contributed by atoms with Crippen molar-refractivity contribution in [2.24, 2.45) is 5.73 Å². The maximum Gasteiger partial charge on any atom is 0.417 e. The number of halogens is 4. The van der Waals surface area contributed by atoms with Crippen LogP contribution in [0.5, 0.6) is 11.6 Å². The molecule has 168 valence electrons. The molecule has 0 atom stereocenters. The number of primary amides is 1. The largest absolute Gasteiger partial charge is 0.439 e. The summed E-state index contributed by atoms with van der Waals surface area (Å²) in [5.74, 6) is 0.362. The van der Waals surface area contributed by atoms with Gasteiger partial charge in [-0.3, -0.25) is 4.79 Å². The Bertz CT molecular complexity index is 1070. The molecule has 0 aliphatic rings. The van der Waals surface area contributed by atoms with Crippen LogP contribution in [0.25, 0.3) is 0 Å². The van der Waals surface area contributed by atoms with E-state index in [9.17, 15) is 18.0 Å². The molecule has 0 spiro atoms. The van der Waals surface area contributed by atoms with E-state index in [2.05, 4.69) is 4.98 Å². The lowest BCUT2D eigenvalue weighted by Gasteiger charge is -2.18. The van der Waals surface area contributed by atoms with Crippen molar-refractivity contribution in [3.63, 3.8) is 0 Å². The van der Waals surface area contributed by atoms with Crippen LogP contribution >= 0.6 is 11.6 Å². The molecule has 1 aromatic heterocycles. The molecule has 1 amide bonds. The Labute approximate surface area is 188 Å². The molecule has 0 saturated carbocycles. The van der Waals surface area contributed by atoms with E-state index in [-0.39, 0.29) is 5.02 Å². The number of aromatic nitrogens is 1. The van der Waals surface area contributed by atoms with Gasteiger partial charge in [0.15, 0.2) is 0 Å². The predicted octanol–water partition coefficient (Wildman–Crippen LogP) is 5.32. The van der Waals surface area contributed by atoms with Gasteiger partial charge in [-0.05, 0) is 54.9 Å². The van der Waals surface area contributed by atoms with Crippen LogP contribution in [-0.4, -0.2) is 29.4 Å². The molecule has 3 aromatic rings. The predicted molar refractivity (Wildman–Crippen MR) is 116 cm³/mol. The first kappa shape index (κ1) is 23.6. The maximum absolute atomic E-state index is 13.0. The minimum atomic E-state index is -4.48. The van der Waals surface area contributed by atoms with Gasteiger partial charge in [0.25, 0.3) is 0 Å². The second kappa shape index (κ2) is 10.0. The fraction of sp³-hybridized carbons (Fsp3) is 0.217. The Morgan fingerprint density at radius 2 is 1.78 bits per heavy atom. The Morgan fingerprint density at radius 1 is 1.09 bits per heavy atom. The van der Waals surface area contributed by atoms with E-state index in [1.165, 1.54) is 18.3 Å². The molecule has 0 radical (unpaired) electrons. The fourth-order valence-corrected chi connectivity index (χ4v) is 3.25. The molecular formula is C23H21ClF3N3O2. The lowest BCUT2D eigenvalue weighted by molar-refractivity contribution is -0.137. The molecule has 9 heteroatoms. The van der Waals surface area contributed by atoms with Gasteiger partial charge in [-0.25, -0.2) is 4.98 Å². The molecule has 0 aliphatic heterocycles. The Kier molecular flexibility index (Phi) is 7.37. The summed E-state index contributed by atoms with van der Waals surface area (Å²) in [5.41, 5.74) is 6.25. The van der Waals surface area contributed by atoms with E-state index in [4.69, 9.17) is 22.1 Å². The second-order valence-corrected chi connectivity index (χ2v) is 7.70. The van der Waals surface area contributed by atoms with E-state index < -0.39 is 17.6 Å². The number of ether oxygens (including phenoxy) is 1. The van der Waals surface area contributed by atoms with Gasteiger partial charge >= 0.3 is 6.18 Å². The molecule has 2 N–H and O–H groups in total. The normalized spacial score (nSPS) is 11.6. The van der Waals surface area contributed by atoms with Crippen LogP contribution < -0.4 is 10.5 Å². The number of amides is 1. The lowest BCUT2D eigenvalue weighted by atomic mass is 10.1. The van der Waals surface area contributed by atoms with E-state index in [0.29, 0.717) is 42.3 Å². The van der Waals surface area contributed by atoms with Crippen LogP contribution in [0.15, 0.2) is 60.8 Å². The number of nitrogens with two attached hydrogens (primary N) is 1. The summed E-state index contributed by atoms with van der Waals surface area (Å²) in [6, 6.07) is 14.5. The van der Waals surface area contributed by atoms with Crippen molar-refractivity contribution in [3.05, 3.63) is 88.1 Å². The quantitative estimate of drug-likeness (QED) is 0.491. The Balaban J connectivity index is 1.53. The monoisotopic (exact) mass is 463 g/mol. The van der Waals surface area contributed by atoms with Crippen molar-refractivity contribution >= 4 is 17.5 Å². The molecule has 0 saturated heterocycles. The van der Waals surface area contributed by atoms with Gasteiger partial charge in [-0.1, -0.05) is 29.8 Å². The first-order valence-electron chi connectivity index (χ1n) is 9.68. The number of hydrogen-bond donors (Lipinski definition) is 1. The van der Waals surface area contributed by atoms with Crippen molar-refractivity contribution in [2.45, 2.75) is 19.1 Å². The minimum Gasteiger partial charge on any atom is -0.439 e. The van der Waals surface area contributed by atoms with Gasteiger partial charge in [0.2, 0.25) is 11.8 Å². The number of alkyl halides is 3. The van der Waals surface area contributed by atoms with Crippen molar-refractivity contribution in [1.82, 2.24) is 9.88 Å². The highest BCUT2D eigenvalue weighted by Gasteiger charge is 2.33. The number of benzene rings is 2. The zero-order valence-electron chi connectivity index (χ0n) is 17.2. The maximum atomic E-state index is 13.0. The highest BCUT2D eigenvalue weighted by atomic mass is 35.5. The Morgan fingerprint density at radius 3 is 2.38 bits per heavy atom. The van der Waals surface area contributed by atoms with Crippen LogP contribution in [0.1, 0.15) is 27.0 Å². The highest BCUT2D eigenvalue weighted by Crippen LogP contribution is 2.35. The molecule has 2 aromatic carbocycles. The molecule has 0 aliphatic carbocycles. The first-order valence-corrected chi connectivity index (χ1v) is 10.1. The summed E-state index contributed by atoms with van der Waals surface area (Å²) in [4.78, 5) is 17.1. The molecular weight excluding hydrogens is 443 g/mol. The van der Waals surface area contributed by atoms with Crippen molar-refractivity contribution < 1.29 is 22.7 Å². The standard InChI is InChI=1S/C23H21ClF3N3O2/c1-30(14-16-4-8-20(24)19(12-16)23(25,26)27)11-10-15-2-6-18(7-3-15)32-21-9-5-17(13-29-21)22(28)31/h2-9,12-13H,10-11,14H2,1H3,(H2,28,31). The minimum absolute atomic E-state index is 0.296. The molecule has 0 unspecified atom stereocenters. The molecule has 32 heavy (non-hydrogen) atoms. The average Bonchev–Trinajstić information content (AvgIpc) is 2.74. The lowest BCUT2D eigenvalue weighted by Crippen LogP contribution is -2.21. The molecule has 5 nitrogen and oxygen atoms in total. The van der Waals surface area contributed by atoms with Gasteiger partial charge in [0.05, 0.1) is 16.1 Å². The van der Waals surface area contributed by atoms with Crippen LogP contribution in [0.2, 0.25) is 5.02 Å². The number of pyridine rings is 1. The van der Waals surface area contributed by atoms with Gasteiger partial charge in [-0.2, -0.15) is 13.2 Å². The summed E-state index contributed by atoms with van der Waals surface area (Å²) < 4.78 is 44.7. The SMILES string of the molecule is CN(CCc1ccc(Oc2ccc(C(N)=O)cn2)cc1)Cc1ccc(Cl)c(C(F)(F)F)c1.